The van der Waals surface area contributed by atoms with Crippen molar-refractivity contribution in [3.63, 3.8) is 0 Å². The number of carbonyl (C=O) groups is 1. The Morgan fingerprint density at radius 1 is 1.56 bits per heavy atom. The number of nitrogens with zero attached hydrogens (tertiary/aromatic N) is 2. The number of hydrogen-bond acceptors (Lipinski definition) is 3. The van der Waals surface area contributed by atoms with Crippen LogP contribution in [0, 0.1) is 0 Å². The fourth-order valence-corrected chi connectivity index (χ4v) is 1.74. The molecule has 0 aliphatic carbocycles. The summed E-state index contributed by atoms with van der Waals surface area (Å²) in [6.45, 7) is 3.19. The molecule has 1 saturated heterocycles. The third-order valence-electron chi connectivity index (χ3n) is 2.89. The molecule has 1 aromatic heterocycles. The van der Waals surface area contributed by atoms with Crippen LogP contribution in [-0.2, 0) is 4.74 Å². The first kappa shape index (κ1) is 11.5. The average Bonchev–Trinajstić information content (AvgIpc) is 2.25. The SMILES string of the molecule is CN(C(=O)c1ccc(Br)cn1)C1(C)COC1. The second-order valence-electron chi connectivity index (χ2n) is 4.22. The van der Waals surface area contributed by atoms with Crippen molar-refractivity contribution in [2.75, 3.05) is 20.3 Å². The van der Waals surface area contributed by atoms with Crippen LogP contribution in [0.4, 0.5) is 0 Å². The highest BCUT2D eigenvalue weighted by molar-refractivity contribution is 9.10. The summed E-state index contributed by atoms with van der Waals surface area (Å²) in [6.07, 6.45) is 1.63. The van der Waals surface area contributed by atoms with Crippen LogP contribution < -0.4 is 0 Å². The molecular formula is C11H13BrN2O2. The molecule has 0 bridgehead atoms. The highest BCUT2D eigenvalue weighted by Crippen LogP contribution is 2.24. The van der Waals surface area contributed by atoms with Crippen LogP contribution in [0.3, 0.4) is 0 Å². The number of ether oxygens (including phenoxy) is 1. The lowest BCUT2D eigenvalue weighted by Crippen LogP contribution is -2.60. The minimum atomic E-state index is -0.189. The van der Waals surface area contributed by atoms with E-state index in [0.29, 0.717) is 18.9 Å². The summed E-state index contributed by atoms with van der Waals surface area (Å²) in [5.74, 6) is -0.0710. The molecule has 86 valence electrons. The van der Waals surface area contributed by atoms with E-state index < -0.39 is 0 Å². The molecule has 0 aromatic carbocycles. The van der Waals surface area contributed by atoms with E-state index in [-0.39, 0.29) is 11.4 Å². The average molecular weight is 285 g/mol. The van der Waals surface area contributed by atoms with Crippen LogP contribution in [0.25, 0.3) is 0 Å². The number of likely N-dealkylation sites (N-methyl/N-ethyl adjacent to an activating group) is 1. The smallest absolute Gasteiger partial charge is 0.272 e. The van der Waals surface area contributed by atoms with Gasteiger partial charge in [0.15, 0.2) is 0 Å². The van der Waals surface area contributed by atoms with E-state index in [1.165, 1.54) is 0 Å². The lowest BCUT2D eigenvalue weighted by Gasteiger charge is -2.45. The molecule has 5 heteroatoms. The quantitative estimate of drug-likeness (QED) is 0.830. The van der Waals surface area contributed by atoms with Crippen molar-refractivity contribution in [2.24, 2.45) is 0 Å². The van der Waals surface area contributed by atoms with Gasteiger partial charge in [-0.25, -0.2) is 4.98 Å². The van der Waals surface area contributed by atoms with E-state index in [1.807, 2.05) is 13.0 Å². The van der Waals surface area contributed by atoms with Gasteiger partial charge in [-0.15, -0.1) is 0 Å². The molecule has 1 fully saturated rings. The topological polar surface area (TPSA) is 42.4 Å². The second kappa shape index (κ2) is 4.14. The summed E-state index contributed by atoms with van der Waals surface area (Å²) in [6, 6.07) is 3.53. The molecule has 4 nitrogen and oxygen atoms in total. The lowest BCUT2D eigenvalue weighted by molar-refractivity contribution is -0.108. The van der Waals surface area contributed by atoms with Crippen LogP contribution >= 0.6 is 15.9 Å². The Kier molecular flexibility index (Phi) is 2.99. The van der Waals surface area contributed by atoms with Gasteiger partial charge < -0.3 is 9.64 Å². The Balaban J connectivity index is 2.15. The van der Waals surface area contributed by atoms with Gasteiger partial charge in [0.2, 0.25) is 0 Å². The monoisotopic (exact) mass is 284 g/mol. The van der Waals surface area contributed by atoms with Gasteiger partial charge in [-0.1, -0.05) is 0 Å². The van der Waals surface area contributed by atoms with Crippen molar-refractivity contribution >= 4 is 21.8 Å². The van der Waals surface area contributed by atoms with E-state index in [4.69, 9.17) is 4.74 Å². The first-order valence-electron chi connectivity index (χ1n) is 5.00. The normalized spacial score (nSPS) is 17.7. The van der Waals surface area contributed by atoms with Gasteiger partial charge in [-0.2, -0.15) is 0 Å². The molecule has 0 atom stereocenters. The molecule has 0 N–H and O–H groups in total. The van der Waals surface area contributed by atoms with Crippen molar-refractivity contribution in [3.8, 4) is 0 Å². The van der Waals surface area contributed by atoms with E-state index in [2.05, 4.69) is 20.9 Å². The maximum absolute atomic E-state index is 12.1. The lowest BCUT2D eigenvalue weighted by atomic mass is 9.98. The molecule has 1 aliphatic rings. The maximum Gasteiger partial charge on any atom is 0.272 e. The molecule has 0 spiro atoms. The van der Waals surface area contributed by atoms with Gasteiger partial charge >= 0.3 is 0 Å². The van der Waals surface area contributed by atoms with Crippen LogP contribution in [0.5, 0.6) is 0 Å². The third-order valence-corrected chi connectivity index (χ3v) is 3.36. The van der Waals surface area contributed by atoms with E-state index in [1.54, 1.807) is 24.2 Å². The number of pyridine rings is 1. The van der Waals surface area contributed by atoms with Crippen molar-refractivity contribution in [1.82, 2.24) is 9.88 Å². The van der Waals surface area contributed by atoms with Crippen molar-refractivity contribution in [2.45, 2.75) is 12.5 Å². The van der Waals surface area contributed by atoms with E-state index >= 15 is 0 Å². The standard InChI is InChI=1S/C11H13BrN2O2/c1-11(6-16-7-11)14(2)10(15)9-4-3-8(12)5-13-9/h3-5H,6-7H2,1-2H3. The third kappa shape index (κ3) is 1.97. The summed E-state index contributed by atoms with van der Waals surface area (Å²) in [5, 5.41) is 0. The summed E-state index contributed by atoms with van der Waals surface area (Å²) in [7, 11) is 1.79. The molecule has 2 heterocycles. The molecule has 1 aromatic rings. The Bertz CT molecular complexity index is 401. The van der Waals surface area contributed by atoms with Crippen molar-refractivity contribution in [1.29, 1.82) is 0 Å². The predicted octanol–water partition coefficient (Wildman–Crippen LogP) is 1.71. The van der Waals surface area contributed by atoms with Gasteiger partial charge in [0.05, 0.1) is 18.8 Å². The van der Waals surface area contributed by atoms with Gasteiger partial charge in [-0.05, 0) is 35.0 Å². The van der Waals surface area contributed by atoms with Gasteiger partial charge in [0.1, 0.15) is 5.69 Å². The first-order valence-corrected chi connectivity index (χ1v) is 5.80. The summed E-state index contributed by atoms with van der Waals surface area (Å²) < 4.78 is 6.01. The van der Waals surface area contributed by atoms with E-state index in [0.717, 1.165) is 4.47 Å². The number of aromatic nitrogens is 1. The Hall–Kier alpha value is -0.940. The number of rotatable bonds is 2. The Morgan fingerprint density at radius 2 is 2.25 bits per heavy atom. The molecule has 16 heavy (non-hydrogen) atoms. The van der Waals surface area contributed by atoms with Crippen molar-refractivity contribution < 1.29 is 9.53 Å². The fraction of sp³-hybridized carbons (Fsp3) is 0.455. The molecule has 1 aliphatic heterocycles. The van der Waals surface area contributed by atoms with Gasteiger partial charge in [0.25, 0.3) is 5.91 Å². The first-order chi connectivity index (χ1) is 7.53. The highest BCUT2D eigenvalue weighted by atomic mass is 79.9. The summed E-state index contributed by atoms with van der Waals surface area (Å²) in [5.41, 5.74) is 0.269. The largest absolute Gasteiger partial charge is 0.376 e. The fourth-order valence-electron chi connectivity index (χ4n) is 1.51. The zero-order valence-electron chi connectivity index (χ0n) is 9.24. The zero-order chi connectivity index (χ0) is 11.8. The van der Waals surface area contributed by atoms with Crippen LogP contribution in [0.1, 0.15) is 17.4 Å². The molecule has 1 amide bonds. The molecular weight excluding hydrogens is 272 g/mol. The highest BCUT2D eigenvalue weighted by Gasteiger charge is 2.40. The molecule has 0 saturated carbocycles. The number of hydrogen-bond donors (Lipinski definition) is 0. The Morgan fingerprint density at radius 3 is 2.69 bits per heavy atom. The van der Waals surface area contributed by atoms with Crippen LogP contribution in [0.2, 0.25) is 0 Å². The zero-order valence-corrected chi connectivity index (χ0v) is 10.8. The summed E-state index contributed by atoms with van der Waals surface area (Å²) in [4.78, 5) is 17.9. The molecule has 2 rings (SSSR count). The predicted molar refractivity (Wildman–Crippen MR) is 63.3 cm³/mol. The second-order valence-corrected chi connectivity index (χ2v) is 5.13. The minimum absolute atomic E-state index is 0.0710. The summed E-state index contributed by atoms with van der Waals surface area (Å²) >= 11 is 3.29. The van der Waals surface area contributed by atoms with Crippen LogP contribution in [-0.4, -0.2) is 41.6 Å². The van der Waals surface area contributed by atoms with Gasteiger partial charge in [0, 0.05) is 17.7 Å². The van der Waals surface area contributed by atoms with Crippen molar-refractivity contribution in [3.05, 3.63) is 28.5 Å². The van der Waals surface area contributed by atoms with E-state index in [9.17, 15) is 4.79 Å². The Labute approximate surface area is 103 Å². The molecule has 0 unspecified atom stereocenters. The number of amides is 1. The molecule has 0 radical (unpaired) electrons. The number of halogens is 1. The minimum Gasteiger partial charge on any atom is -0.376 e. The van der Waals surface area contributed by atoms with Crippen LogP contribution in [0.15, 0.2) is 22.8 Å². The van der Waals surface area contributed by atoms with Gasteiger partial charge in [-0.3, -0.25) is 4.79 Å². The number of carbonyl (C=O) groups excluding carboxylic acids is 1. The maximum atomic E-state index is 12.1.